The summed E-state index contributed by atoms with van der Waals surface area (Å²) in [5.74, 6) is 0.386. The molecule has 2 aliphatic heterocycles. The summed E-state index contributed by atoms with van der Waals surface area (Å²) in [6.07, 6.45) is 2.15. The predicted molar refractivity (Wildman–Crippen MR) is 123 cm³/mol. The summed E-state index contributed by atoms with van der Waals surface area (Å²) in [7, 11) is -3.53. The number of sulfonamides is 1. The van der Waals surface area contributed by atoms with Crippen molar-refractivity contribution in [2.75, 3.05) is 18.4 Å². The van der Waals surface area contributed by atoms with E-state index >= 15 is 0 Å². The van der Waals surface area contributed by atoms with Gasteiger partial charge in [-0.2, -0.15) is 4.31 Å². The molecule has 172 valence electrons. The molecule has 2 unspecified atom stereocenters. The van der Waals surface area contributed by atoms with Gasteiger partial charge in [-0.25, -0.2) is 19.3 Å². The summed E-state index contributed by atoms with van der Waals surface area (Å²) in [6.45, 7) is 3.20. The van der Waals surface area contributed by atoms with Gasteiger partial charge in [0, 0.05) is 29.4 Å². The topological polar surface area (TPSA) is 111 Å². The number of hydrazine groups is 1. The van der Waals surface area contributed by atoms with Gasteiger partial charge in [0.1, 0.15) is 11.8 Å². The van der Waals surface area contributed by atoms with Crippen LogP contribution in [0, 0.1) is 5.92 Å². The number of hydrogen-bond acceptors (Lipinski definition) is 6. The first-order valence-corrected chi connectivity index (χ1v) is 12.5. The third-order valence-corrected chi connectivity index (χ3v) is 8.23. The van der Waals surface area contributed by atoms with Crippen LogP contribution in [0.15, 0.2) is 47.4 Å². The molecule has 0 aliphatic carbocycles. The van der Waals surface area contributed by atoms with E-state index in [2.05, 4.69) is 23.1 Å². The number of aromatic hydroxyl groups is 1. The SMILES string of the molecule is CC1CCN(S(=O)(=O)c2ccc(NC(=O)C3CC(c4cc(Cl)ccc4O)NN3)cc2)CC1. The van der Waals surface area contributed by atoms with Gasteiger partial charge < -0.3 is 10.4 Å². The molecule has 0 radical (unpaired) electrons. The average Bonchev–Trinajstić information content (AvgIpc) is 3.26. The molecule has 0 saturated carbocycles. The van der Waals surface area contributed by atoms with Crippen LogP contribution in [-0.2, 0) is 14.8 Å². The van der Waals surface area contributed by atoms with Crippen molar-refractivity contribution in [3.8, 4) is 5.75 Å². The van der Waals surface area contributed by atoms with Crippen molar-refractivity contribution in [1.82, 2.24) is 15.2 Å². The molecule has 4 N–H and O–H groups in total. The highest BCUT2D eigenvalue weighted by Gasteiger charge is 2.32. The lowest BCUT2D eigenvalue weighted by Gasteiger charge is -2.29. The van der Waals surface area contributed by atoms with Crippen LogP contribution in [0.4, 0.5) is 5.69 Å². The van der Waals surface area contributed by atoms with E-state index in [4.69, 9.17) is 11.6 Å². The predicted octanol–water partition coefficient (Wildman–Crippen LogP) is 3.01. The lowest BCUT2D eigenvalue weighted by Crippen LogP contribution is -2.39. The largest absolute Gasteiger partial charge is 0.508 e. The number of phenols is 1. The summed E-state index contributed by atoms with van der Waals surface area (Å²) < 4.78 is 27.2. The molecule has 2 saturated heterocycles. The molecular formula is C22H27ClN4O4S. The number of halogens is 1. The maximum atomic E-state index is 12.8. The number of nitrogens with zero attached hydrogens (tertiary/aromatic N) is 1. The molecule has 1 amide bonds. The summed E-state index contributed by atoms with van der Waals surface area (Å²) in [5.41, 5.74) is 7.07. The van der Waals surface area contributed by atoms with Crippen molar-refractivity contribution >= 4 is 33.2 Å². The highest BCUT2D eigenvalue weighted by Crippen LogP contribution is 2.32. The van der Waals surface area contributed by atoms with Gasteiger partial charge in [-0.15, -0.1) is 0 Å². The monoisotopic (exact) mass is 478 g/mol. The smallest absolute Gasteiger partial charge is 0.243 e. The van der Waals surface area contributed by atoms with Crippen molar-refractivity contribution in [2.24, 2.45) is 5.92 Å². The van der Waals surface area contributed by atoms with Crippen LogP contribution in [0.5, 0.6) is 5.75 Å². The molecule has 2 heterocycles. The van der Waals surface area contributed by atoms with Gasteiger partial charge in [0.15, 0.2) is 0 Å². The van der Waals surface area contributed by atoms with E-state index in [0.717, 1.165) is 12.8 Å². The number of hydrogen-bond donors (Lipinski definition) is 4. The molecule has 10 heteroatoms. The fraction of sp³-hybridized carbons (Fsp3) is 0.409. The molecule has 0 aromatic heterocycles. The Hall–Kier alpha value is -2.17. The zero-order valence-electron chi connectivity index (χ0n) is 17.7. The quantitative estimate of drug-likeness (QED) is 0.525. The third kappa shape index (κ3) is 4.92. The van der Waals surface area contributed by atoms with E-state index in [-0.39, 0.29) is 22.6 Å². The van der Waals surface area contributed by atoms with Gasteiger partial charge in [-0.05, 0) is 67.6 Å². The summed E-state index contributed by atoms with van der Waals surface area (Å²) in [5, 5.41) is 13.4. The molecule has 2 fully saturated rings. The van der Waals surface area contributed by atoms with E-state index in [0.29, 0.717) is 41.7 Å². The zero-order chi connectivity index (χ0) is 22.9. The van der Waals surface area contributed by atoms with Crippen LogP contribution in [0.25, 0.3) is 0 Å². The Bertz CT molecular complexity index is 1090. The van der Waals surface area contributed by atoms with Gasteiger partial charge >= 0.3 is 0 Å². The van der Waals surface area contributed by atoms with E-state index < -0.39 is 16.1 Å². The van der Waals surface area contributed by atoms with Gasteiger partial charge in [0.2, 0.25) is 15.9 Å². The highest BCUT2D eigenvalue weighted by molar-refractivity contribution is 7.89. The first-order chi connectivity index (χ1) is 15.2. The van der Waals surface area contributed by atoms with Crippen molar-refractivity contribution in [3.63, 3.8) is 0 Å². The number of amides is 1. The Labute approximate surface area is 193 Å². The number of carbonyl (C=O) groups excluding carboxylic acids is 1. The van der Waals surface area contributed by atoms with Crippen LogP contribution >= 0.6 is 11.6 Å². The molecule has 0 bridgehead atoms. The van der Waals surface area contributed by atoms with Gasteiger partial charge in [0.05, 0.1) is 10.9 Å². The second kappa shape index (κ2) is 9.36. The van der Waals surface area contributed by atoms with Crippen molar-refractivity contribution < 1.29 is 18.3 Å². The van der Waals surface area contributed by atoms with Crippen molar-refractivity contribution in [2.45, 2.75) is 43.2 Å². The van der Waals surface area contributed by atoms with Gasteiger partial charge in [-0.1, -0.05) is 18.5 Å². The van der Waals surface area contributed by atoms with Crippen LogP contribution in [0.2, 0.25) is 5.02 Å². The van der Waals surface area contributed by atoms with Crippen LogP contribution in [0.1, 0.15) is 37.8 Å². The Kier molecular flexibility index (Phi) is 6.73. The van der Waals surface area contributed by atoms with Crippen LogP contribution in [0.3, 0.4) is 0 Å². The normalized spacial score (nSPS) is 22.7. The number of rotatable bonds is 5. The summed E-state index contributed by atoms with van der Waals surface area (Å²) in [4.78, 5) is 12.9. The minimum atomic E-state index is -3.53. The summed E-state index contributed by atoms with van der Waals surface area (Å²) in [6, 6.07) is 10.2. The minimum Gasteiger partial charge on any atom is -0.508 e. The maximum absolute atomic E-state index is 12.8. The minimum absolute atomic E-state index is 0.106. The fourth-order valence-corrected chi connectivity index (χ4v) is 5.70. The summed E-state index contributed by atoms with van der Waals surface area (Å²) >= 11 is 6.02. The van der Waals surface area contributed by atoms with Crippen LogP contribution in [-0.4, -0.2) is 42.9 Å². The van der Waals surface area contributed by atoms with Gasteiger partial charge in [-0.3, -0.25) is 4.79 Å². The van der Waals surface area contributed by atoms with Crippen molar-refractivity contribution in [1.29, 1.82) is 0 Å². The number of piperidine rings is 1. The number of carbonyl (C=O) groups is 1. The van der Waals surface area contributed by atoms with E-state index in [1.807, 2.05) is 0 Å². The molecule has 2 aliphatic rings. The van der Waals surface area contributed by atoms with E-state index in [1.54, 1.807) is 24.3 Å². The number of anilines is 1. The lowest BCUT2D eigenvalue weighted by molar-refractivity contribution is -0.117. The van der Waals surface area contributed by atoms with Gasteiger partial charge in [0.25, 0.3) is 0 Å². The Balaban J connectivity index is 1.37. The Morgan fingerprint density at radius 1 is 1.12 bits per heavy atom. The molecule has 4 rings (SSSR count). The molecule has 8 nitrogen and oxygen atoms in total. The third-order valence-electron chi connectivity index (χ3n) is 6.09. The second-order valence-electron chi connectivity index (χ2n) is 8.43. The van der Waals surface area contributed by atoms with Crippen LogP contribution < -0.4 is 16.2 Å². The molecule has 2 atom stereocenters. The van der Waals surface area contributed by atoms with Crippen molar-refractivity contribution in [3.05, 3.63) is 53.1 Å². The number of benzene rings is 2. The Morgan fingerprint density at radius 3 is 2.50 bits per heavy atom. The standard InChI is InChI=1S/C22H27ClN4O4S/c1-14-8-10-27(11-9-14)32(30,31)17-5-3-16(4-6-17)24-22(29)20-13-19(25-26-20)18-12-15(23)2-7-21(18)28/h2-7,12,14,19-20,25-26,28H,8-11,13H2,1H3,(H,24,29). The van der Waals surface area contributed by atoms with E-state index in [9.17, 15) is 18.3 Å². The molecule has 2 aromatic carbocycles. The average molecular weight is 479 g/mol. The number of phenolic OH excluding ortho intramolecular Hbond substituents is 1. The zero-order valence-corrected chi connectivity index (χ0v) is 19.3. The number of nitrogens with one attached hydrogen (secondary N) is 3. The molecule has 0 spiro atoms. The molecule has 2 aromatic rings. The second-order valence-corrected chi connectivity index (χ2v) is 10.8. The first kappa shape index (κ1) is 23.0. The Morgan fingerprint density at radius 2 is 1.81 bits per heavy atom. The fourth-order valence-electron chi connectivity index (χ4n) is 4.05. The molecule has 32 heavy (non-hydrogen) atoms. The lowest BCUT2D eigenvalue weighted by atomic mass is 10.0. The maximum Gasteiger partial charge on any atom is 0.243 e. The first-order valence-electron chi connectivity index (χ1n) is 10.6. The van der Waals surface area contributed by atoms with E-state index in [1.165, 1.54) is 22.5 Å². The highest BCUT2D eigenvalue weighted by atomic mass is 35.5. The molecular weight excluding hydrogens is 452 g/mol.